The lowest BCUT2D eigenvalue weighted by molar-refractivity contribution is 0.137. The van der Waals surface area contributed by atoms with Crippen molar-refractivity contribution in [3.63, 3.8) is 0 Å². The highest BCUT2D eigenvalue weighted by molar-refractivity contribution is 5.52. The van der Waals surface area contributed by atoms with Gasteiger partial charge in [-0.3, -0.25) is 0 Å². The molecule has 0 rings (SSSR count). The van der Waals surface area contributed by atoms with E-state index in [1.165, 1.54) is 44.7 Å². The van der Waals surface area contributed by atoms with Gasteiger partial charge in [0.15, 0.2) is 0 Å². The van der Waals surface area contributed by atoms with Gasteiger partial charge >= 0.3 is 0 Å². The maximum atomic E-state index is 6.79. The molecular weight excluding hydrogens is 162 g/mol. The van der Waals surface area contributed by atoms with E-state index in [-0.39, 0.29) is 0 Å². The lowest BCUT2D eigenvalue weighted by Gasteiger charge is -2.01. The van der Waals surface area contributed by atoms with Crippen LogP contribution in [0.2, 0.25) is 0 Å². The van der Waals surface area contributed by atoms with E-state index < -0.39 is 0 Å². The van der Waals surface area contributed by atoms with Crippen molar-refractivity contribution in [3.05, 3.63) is 0 Å². The van der Waals surface area contributed by atoms with Gasteiger partial charge in [0.05, 0.1) is 6.61 Å². The Morgan fingerprint density at radius 2 is 1.69 bits per heavy atom. The van der Waals surface area contributed by atoms with E-state index in [0.29, 0.717) is 0 Å². The molecule has 0 radical (unpaired) electrons. The number of unbranched alkanes of at least 4 members (excludes halogenated alkanes) is 5. The van der Waals surface area contributed by atoms with Crippen LogP contribution in [0, 0.1) is 5.41 Å². The van der Waals surface area contributed by atoms with Crippen molar-refractivity contribution in [2.75, 3.05) is 13.2 Å². The maximum absolute atomic E-state index is 6.79. The summed E-state index contributed by atoms with van der Waals surface area (Å²) in [6.45, 7) is 3.83. The standard InChI is InChI=1S/C11H23NO/c1-2-3-4-5-6-7-10-13-11-8-9-12/h9,12H,2-8,10-11H2,1H3. The quantitative estimate of drug-likeness (QED) is 0.410. The Kier molecular flexibility index (Phi) is 11.3. The summed E-state index contributed by atoms with van der Waals surface area (Å²) in [5.74, 6) is 0. The monoisotopic (exact) mass is 185 g/mol. The molecule has 13 heavy (non-hydrogen) atoms. The molecule has 0 aromatic carbocycles. The van der Waals surface area contributed by atoms with Crippen molar-refractivity contribution < 1.29 is 4.74 Å². The van der Waals surface area contributed by atoms with Gasteiger partial charge < -0.3 is 10.1 Å². The molecule has 0 heterocycles. The molecule has 0 atom stereocenters. The zero-order chi connectivity index (χ0) is 9.78. The van der Waals surface area contributed by atoms with Gasteiger partial charge in [0, 0.05) is 13.0 Å². The normalized spacial score (nSPS) is 10.2. The molecule has 78 valence electrons. The molecule has 2 heteroatoms. The highest BCUT2D eigenvalue weighted by Gasteiger charge is 1.90. The van der Waals surface area contributed by atoms with Crippen LogP contribution in [0.5, 0.6) is 0 Å². The van der Waals surface area contributed by atoms with E-state index in [1.807, 2.05) is 0 Å². The van der Waals surface area contributed by atoms with Crippen molar-refractivity contribution >= 4 is 6.21 Å². The highest BCUT2D eigenvalue weighted by Crippen LogP contribution is 2.04. The van der Waals surface area contributed by atoms with Crippen LogP contribution in [0.25, 0.3) is 0 Å². The topological polar surface area (TPSA) is 33.1 Å². The largest absolute Gasteiger partial charge is 0.381 e. The molecule has 0 unspecified atom stereocenters. The number of hydrogen-bond donors (Lipinski definition) is 1. The summed E-state index contributed by atoms with van der Waals surface area (Å²) in [7, 11) is 0. The average Bonchev–Trinajstić information content (AvgIpc) is 2.16. The molecule has 0 aromatic heterocycles. The van der Waals surface area contributed by atoms with Gasteiger partial charge in [-0.15, -0.1) is 0 Å². The van der Waals surface area contributed by atoms with Gasteiger partial charge in [-0.2, -0.15) is 0 Å². The predicted octanol–water partition coefficient (Wildman–Crippen LogP) is 3.40. The third-order valence-electron chi connectivity index (χ3n) is 2.05. The second-order valence-electron chi connectivity index (χ2n) is 3.37. The Bertz CT molecular complexity index is 104. The van der Waals surface area contributed by atoms with Crippen LogP contribution in [0.4, 0.5) is 0 Å². The van der Waals surface area contributed by atoms with Gasteiger partial charge in [0.2, 0.25) is 0 Å². The number of rotatable bonds is 10. The Labute approximate surface area is 82.2 Å². The Morgan fingerprint density at radius 3 is 2.38 bits per heavy atom. The SMILES string of the molecule is CCCCCCCCOCCC=N. The maximum Gasteiger partial charge on any atom is 0.0515 e. The van der Waals surface area contributed by atoms with Crippen LogP contribution >= 0.6 is 0 Å². The fraction of sp³-hybridized carbons (Fsp3) is 0.909. The van der Waals surface area contributed by atoms with Crippen LogP contribution in [0.15, 0.2) is 0 Å². The fourth-order valence-corrected chi connectivity index (χ4v) is 1.23. The minimum absolute atomic E-state index is 0.721. The molecular formula is C11H23NO. The van der Waals surface area contributed by atoms with Crippen LogP contribution in [-0.4, -0.2) is 19.4 Å². The Hall–Kier alpha value is -0.370. The number of ether oxygens (including phenoxy) is 1. The van der Waals surface area contributed by atoms with Crippen molar-refractivity contribution in [1.82, 2.24) is 0 Å². The summed E-state index contributed by atoms with van der Waals surface area (Å²) in [6, 6.07) is 0. The lowest BCUT2D eigenvalue weighted by Crippen LogP contribution is -1.97. The summed E-state index contributed by atoms with van der Waals surface area (Å²) in [5.41, 5.74) is 0. The molecule has 2 nitrogen and oxygen atoms in total. The highest BCUT2D eigenvalue weighted by atomic mass is 16.5. The molecule has 0 aliphatic carbocycles. The molecule has 0 fully saturated rings. The minimum atomic E-state index is 0.721. The van der Waals surface area contributed by atoms with Crippen molar-refractivity contribution in [3.8, 4) is 0 Å². The third kappa shape index (κ3) is 11.6. The Morgan fingerprint density at radius 1 is 1.00 bits per heavy atom. The molecule has 1 N–H and O–H groups in total. The van der Waals surface area contributed by atoms with E-state index in [9.17, 15) is 0 Å². The smallest absolute Gasteiger partial charge is 0.0515 e. The second kappa shape index (κ2) is 11.6. The van der Waals surface area contributed by atoms with E-state index in [4.69, 9.17) is 10.1 Å². The predicted molar refractivity (Wildman–Crippen MR) is 57.6 cm³/mol. The zero-order valence-corrected chi connectivity index (χ0v) is 8.85. The molecule has 0 aromatic rings. The van der Waals surface area contributed by atoms with Gasteiger partial charge in [-0.05, 0) is 12.6 Å². The van der Waals surface area contributed by atoms with Gasteiger partial charge in [0.25, 0.3) is 0 Å². The Balaban J connectivity index is 2.79. The van der Waals surface area contributed by atoms with Crippen molar-refractivity contribution in [1.29, 1.82) is 5.41 Å². The van der Waals surface area contributed by atoms with Gasteiger partial charge in [-0.1, -0.05) is 39.0 Å². The first-order chi connectivity index (χ1) is 6.41. The molecule has 0 bridgehead atoms. The summed E-state index contributed by atoms with van der Waals surface area (Å²) in [5, 5.41) is 6.79. The van der Waals surface area contributed by atoms with Crippen molar-refractivity contribution in [2.45, 2.75) is 51.9 Å². The first-order valence-electron chi connectivity index (χ1n) is 5.48. The first-order valence-corrected chi connectivity index (χ1v) is 5.48. The first kappa shape index (κ1) is 12.6. The summed E-state index contributed by atoms with van der Waals surface area (Å²) in [6.07, 6.45) is 10.0. The van der Waals surface area contributed by atoms with Crippen LogP contribution in [0.3, 0.4) is 0 Å². The van der Waals surface area contributed by atoms with Crippen LogP contribution in [0.1, 0.15) is 51.9 Å². The minimum Gasteiger partial charge on any atom is -0.381 e. The average molecular weight is 185 g/mol. The van der Waals surface area contributed by atoms with Crippen LogP contribution < -0.4 is 0 Å². The van der Waals surface area contributed by atoms with E-state index >= 15 is 0 Å². The van der Waals surface area contributed by atoms with Crippen molar-refractivity contribution in [2.24, 2.45) is 0 Å². The fourth-order valence-electron chi connectivity index (χ4n) is 1.23. The number of nitrogens with one attached hydrogen (secondary N) is 1. The third-order valence-corrected chi connectivity index (χ3v) is 2.05. The molecule has 0 spiro atoms. The number of hydrogen-bond acceptors (Lipinski definition) is 2. The molecule has 0 amide bonds. The molecule has 0 aliphatic heterocycles. The van der Waals surface area contributed by atoms with E-state index in [2.05, 4.69) is 6.92 Å². The second-order valence-corrected chi connectivity index (χ2v) is 3.37. The summed E-state index contributed by atoms with van der Waals surface area (Å²) < 4.78 is 5.33. The summed E-state index contributed by atoms with van der Waals surface area (Å²) in [4.78, 5) is 0. The zero-order valence-electron chi connectivity index (χ0n) is 8.85. The van der Waals surface area contributed by atoms with Gasteiger partial charge in [-0.25, -0.2) is 0 Å². The van der Waals surface area contributed by atoms with Crippen LogP contribution in [-0.2, 0) is 4.74 Å². The van der Waals surface area contributed by atoms with Gasteiger partial charge in [0.1, 0.15) is 0 Å². The summed E-state index contributed by atoms with van der Waals surface area (Å²) >= 11 is 0. The lowest BCUT2D eigenvalue weighted by atomic mass is 10.1. The molecule has 0 saturated carbocycles. The van der Waals surface area contributed by atoms with E-state index in [1.54, 1.807) is 0 Å². The van der Waals surface area contributed by atoms with E-state index in [0.717, 1.165) is 19.6 Å². The molecule has 0 aliphatic rings. The molecule has 0 saturated heterocycles.